The van der Waals surface area contributed by atoms with Crippen LogP contribution in [0.3, 0.4) is 0 Å². The molecule has 57 heavy (non-hydrogen) atoms. The average molecular weight is 801 g/mol. The molecule has 12 nitrogen and oxygen atoms in total. The Bertz CT molecular complexity index is 1510. The maximum Gasteiger partial charge on any atom is 0.308 e. The van der Waals surface area contributed by atoms with Crippen molar-refractivity contribution in [2.45, 2.75) is 122 Å². The van der Waals surface area contributed by atoms with Crippen molar-refractivity contribution in [1.29, 1.82) is 0 Å². The number of esters is 1. The second-order valence-corrected chi connectivity index (χ2v) is 16.0. The van der Waals surface area contributed by atoms with Gasteiger partial charge in [0, 0.05) is 31.3 Å². The molecule has 3 aliphatic heterocycles. The molecule has 0 bridgehead atoms. The summed E-state index contributed by atoms with van der Waals surface area (Å²) in [6, 6.07) is 5.47. The summed E-state index contributed by atoms with van der Waals surface area (Å²) < 4.78 is 44.2. The summed E-state index contributed by atoms with van der Waals surface area (Å²) in [5.74, 6) is -2.80. The van der Waals surface area contributed by atoms with Gasteiger partial charge in [0.25, 0.3) is 0 Å². The number of benzene rings is 1. The number of hydrogen-bond acceptors (Lipinski definition) is 12. The molecule has 0 radical (unpaired) electrons. The number of carbonyl (C=O) groups excluding carboxylic acids is 3. The number of nitrogens with zero attached hydrogens (tertiary/aromatic N) is 2. The van der Waals surface area contributed by atoms with E-state index < -0.39 is 72.7 Å². The SMILES string of the molecule is CC[C@H]1OC(=O)C[C@@H](O)[C@H](C)[C@@H](O[C@@H]2O[C@H](C)[C@@H](OC/C=C/Cc3ccc(F)cc3)[C@H](N(C)C)[C@H]2O)[C@@H](CC=O)C[C@@H](C)C(=O)/C=C/C(C)=C/[C@@H]1N1CCOCC1. The molecule has 13 heteroatoms. The van der Waals surface area contributed by atoms with E-state index in [-0.39, 0.29) is 43.5 Å². The maximum absolute atomic E-state index is 13.6. The molecule has 0 aromatic heterocycles. The van der Waals surface area contributed by atoms with E-state index in [1.165, 1.54) is 12.1 Å². The Morgan fingerprint density at radius 2 is 1.72 bits per heavy atom. The van der Waals surface area contributed by atoms with Crippen LogP contribution < -0.4 is 0 Å². The Balaban J connectivity index is 1.57. The number of ketones is 1. The normalized spacial score (nSPS) is 35.8. The Morgan fingerprint density at radius 3 is 2.37 bits per heavy atom. The lowest BCUT2D eigenvalue weighted by atomic mass is 9.79. The largest absolute Gasteiger partial charge is 0.460 e. The number of morpholine rings is 1. The lowest BCUT2D eigenvalue weighted by Gasteiger charge is -2.48. The number of aliphatic hydroxyl groups excluding tert-OH is 2. The van der Waals surface area contributed by atoms with Crippen LogP contribution in [-0.2, 0) is 44.5 Å². The predicted octanol–water partition coefficient (Wildman–Crippen LogP) is 4.46. The highest BCUT2D eigenvalue weighted by Gasteiger charge is 2.48. The zero-order chi connectivity index (χ0) is 41.6. The number of aldehydes is 1. The van der Waals surface area contributed by atoms with E-state index in [4.69, 9.17) is 23.7 Å². The highest BCUT2D eigenvalue weighted by atomic mass is 19.1. The minimum atomic E-state index is -1.24. The number of ether oxygens (including phenoxy) is 5. The van der Waals surface area contributed by atoms with E-state index in [1.54, 1.807) is 38.1 Å². The minimum Gasteiger partial charge on any atom is -0.460 e. The number of cyclic esters (lactones) is 1. The van der Waals surface area contributed by atoms with Crippen LogP contribution in [0, 0.1) is 23.6 Å². The van der Waals surface area contributed by atoms with Crippen LogP contribution in [0.5, 0.6) is 0 Å². The zero-order valence-corrected chi connectivity index (χ0v) is 34.7. The van der Waals surface area contributed by atoms with Crippen molar-refractivity contribution >= 4 is 18.0 Å². The van der Waals surface area contributed by atoms with Crippen molar-refractivity contribution in [2.24, 2.45) is 17.8 Å². The van der Waals surface area contributed by atoms with Gasteiger partial charge in [-0.05, 0) is 76.9 Å². The van der Waals surface area contributed by atoms with Gasteiger partial charge in [-0.1, -0.05) is 62.8 Å². The van der Waals surface area contributed by atoms with Gasteiger partial charge in [-0.3, -0.25) is 14.5 Å². The molecule has 1 aromatic rings. The summed E-state index contributed by atoms with van der Waals surface area (Å²) in [5.41, 5.74) is 1.80. The number of likely N-dealkylation sites (N-methyl/N-ethyl adjacent to an activating group) is 1. The van der Waals surface area contributed by atoms with Crippen LogP contribution in [0.1, 0.15) is 65.9 Å². The predicted molar refractivity (Wildman–Crippen MR) is 214 cm³/mol. The summed E-state index contributed by atoms with van der Waals surface area (Å²) in [6.45, 7) is 11.9. The van der Waals surface area contributed by atoms with Gasteiger partial charge < -0.3 is 43.6 Å². The fraction of sp³-hybridized carbons (Fsp3) is 0.659. The van der Waals surface area contributed by atoms with Gasteiger partial charge in [0.1, 0.15) is 30.4 Å². The Morgan fingerprint density at radius 1 is 1.02 bits per heavy atom. The van der Waals surface area contributed by atoms with E-state index in [0.717, 1.165) is 17.4 Å². The number of halogens is 1. The molecule has 2 saturated heterocycles. The van der Waals surface area contributed by atoms with E-state index in [2.05, 4.69) is 4.90 Å². The molecule has 2 N–H and O–H groups in total. The molecule has 3 heterocycles. The fourth-order valence-corrected chi connectivity index (χ4v) is 8.11. The lowest BCUT2D eigenvalue weighted by Crippen LogP contribution is -2.64. The number of hydrogen-bond donors (Lipinski definition) is 2. The third-order valence-electron chi connectivity index (χ3n) is 11.5. The van der Waals surface area contributed by atoms with Gasteiger partial charge in [-0.15, -0.1) is 0 Å². The molecular formula is C44H65FN2O10. The quantitative estimate of drug-likeness (QED) is 0.175. The first-order valence-electron chi connectivity index (χ1n) is 20.4. The average Bonchev–Trinajstić information content (AvgIpc) is 3.18. The topological polar surface area (TPSA) is 144 Å². The molecular weight excluding hydrogens is 735 g/mol. The number of allylic oxidation sites excluding steroid dienone is 4. The molecule has 318 valence electrons. The van der Waals surface area contributed by atoms with Gasteiger partial charge in [-0.25, -0.2) is 4.39 Å². The van der Waals surface area contributed by atoms with E-state index >= 15 is 0 Å². The zero-order valence-electron chi connectivity index (χ0n) is 34.7. The summed E-state index contributed by atoms with van der Waals surface area (Å²) in [7, 11) is 3.66. The molecule has 0 aliphatic carbocycles. The molecule has 3 aliphatic rings. The standard InChI is InChI=1S/C44H65FN2O10/c1-8-38-35(47-19-23-53-24-20-47)25-28(2)12-17-36(49)29(3)26-33(18-21-48)42(30(4)37(50)27-39(51)56-38)57-44-41(52)40(46(6)7)43(31(5)55-44)54-22-10-9-11-32-13-15-34(45)16-14-32/h9-10,12-17,21,25,29-31,33,35,37-38,40-44,50,52H,8,11,18-20,22-24,26-27H2,1-7H3/b10-9+,17-12+,28-25+/t29-,30+,31-,33+,35+,37-,38-,40-,41-,42-,43-,44+/m1/s1. The fourth-order valence-electron chi connectivity index (χ4n) is 8.11. The smallest absolute Gasteiger partial charge is 0.308 e. The molecule has 0 unspecified atom stereocenters. The van der Waals surface area contributed by atoms with Gasteiger partial charge in [0.05, 0.1) is 56.6 Å². The first-order valence-corrected chi connectivity index (χ1v) is 20.4. The van der Waals surface area contributed by atoms with Crippen molar-refractivity contribution < 1.29 is 52.7 Å². The number of aliphatic hydroxyl groups is 2. The monoisotopic (exact) mass is 800 g/mol. The highest BCUT2D eigenvalue weighted by Crippen LogP contribution is 2.35. The summed E-state index contributed by atoms with van der Waals surface area (Å²) in [6.07, 6.45) is 4.80. The first kappa shape index (κ1) is 46.5. The Labute approximate surface area is 338 Å². The molecule has 0 amide bonds. The van der Waals surface area contributed by atoms with Gasteiger partial charge >= 0.3 is 5.97 Å². The van der Waals surface area contributed by atoms with Crippen molar-refractivity contribution in [3.63, 3.8) is 0 Å². The number of carbonyl (C=O) groups is 3. The van der Waals surface area contributed by atoms with E-state index in [1.807, 2.05) is 58.0 Å². The Kier molecular flexibility index (Phi) is 18.7. The molecule has 12 atom stereocenters. The molecule has 1 aromatic carbocycles. The van der Waals surface area contributed by atoms with Crippen LogP contribution in [0.15, 0.2) is 60.2 Å². The second kappa shape index (κ2) is 22.9. The maximum atomic E-state index is 13.6. The van der Waals surface area contributed by atoms with Crippen LogP contribution in [0.4, 0.5) is 4.39 Å². The summed E-state index contributed by atoms with van der Waals surface area (Å²) >= 11 is 0. The second-order valence-electron chi connectivity index (χ2n) is 16.0. The lowest BCUT2D eigenvalue weighted by molar-refractivity contribution is -0.308. The van der Waals surface area contributed by atoms with E-state index in [9.17, 15) is 29.0 Å². The van der Waals surface area contributed by atoms with Gasteiger partial charge in [-0.2, -0.15) is 0 Å². The van der Waals surface area contributed by atoms with Crippen LogP contribution in [0.25, 0.3) is 0 Å². The highest BCUT2D eigenvalue weighted by molar-refractivity contribution is 5.91. The Hall–Kier alpha value is -3.14. The van der Waals surface area contributed by atoms with Crippen LogP contribution in [-0.4, -0.2) is 140 Å². The molecule has 2 fully saturated rings. The molecule has 0 spiro atoms. The van der Waals surface area contributed by atoms with Crippen molar-refractivity contribution in [2.75, 3.05) is 47.0 Å². The molecule has 4 rings (SSSR count). The third-order valence-corrected chi connectivity index (χ3v) is 11.5. The van der Waals surface area contributed by atoms with Crippen molar-refractivity contribution in [3.8, 4) is 0 Å². The minimum absolute atomic E-state index is 0.0110. The summed E-state index contributed by atoms with van der Waals surface area (Å²) in [4.78, 5) is 43.4. The van der Waals surface area contributed by atoms with Crippen LogP contribution in [0.2, 0.25) is 0 Å². The van der Waals surface area contributed by atoms with Gasteiger partial charge in [0.2, 0.25) is 0 Å². The third kappa shape index (κ3) is 13.4. The number of rotatable bonds is 12. The van der Waals surface area contributed by atoms with Gasteiger partial charge in [0.15, 0.2) is 12.1 Å². The van der Waals surface area contributed by atoms with Crippen molar-refractivity contribution in [3.05, 3.63) is 71.6 Å². The van der Waals surface area contributed by atoms with Crippen LogP contribution >= 0.6 is 0 Å². The molecule has 0 saturated carbocycles. The van der Waals surface area contributed by atoms with Crippen molar-refractivity contribution in [1.82, 2.24) is 9.80 Å². The summed E-state index contributed by atoms with van der Waals surface area (Å²) in [5, 5.41) is 23.5. The first-order chi connectivity index (χ1) is 27.2. The van der Waals surface area contributed by atoms with E-state index in [0.29, 0.717) is 39.1 Å².